The molecule has 0 aromatic rings. The van der Waals surface area contributed by atoms with Crippen LogP contribution in [0.2, 0.25) is 0 Å². The topological polar surface area (TPSA) is 47.6 Å². The maximum Gasteiger partial charge on any atom is 0.510 e. The van der Waals surface area contributed by atoms with E-state index in [0.717, 1.165) is 19.4 Å². The zero-order chi connectivity index (χ0) is 8.97. The molecule has 4 heteroatoms. The lowest BCUT2D eigenvalue weighted by Gasteiger charge is -2.13. The van der Waals surface area contributed by atoms with Gasteiger partial charge in [0.05, 0.1) is 6.10 Å². The Morgan fingerprint density at radius 1 is 1.58 bits per heavy atom. The zero-order valence-electron chi connectivity index (χ0n) is 7.50. The van der Waals surface area contributed by atoms with Crippen LogP contribution in [-0.2, 0) is 9.47 Å². The van der Waals surface area contributed by atoms with E-state index in [4.69, 9.17) is 9.47 Å². The highest BCUT2D eigenvalue weighted by molar-refractivity contribution is 5.60. The minimum atomic E-state index is -0.579. The molecule has 0 radical (unpaired) electrons. The van der Waals surface area contributed by atoms with Crippen LogP contribution in [0.3, 0.4) is 0 Å². The molecule has 0 saturated carbocycles. The van der Waals surface area contributed by atoms with Gasteiger partial charge in [0.2, 0.25) is 0 Å². The highest BCUT2D eigenvalue weighted by Crippen LogP contribution is 2.07. The van der Waals surface area contributed by atoms with E-state index >= 15 is 0 Å². The number of nitrogens with one attached hydrogen (secondary N) is 1. The molecule has 1 unspecified atom stereocenters. The van der Waals surface area contributed by atoms with Crippen molar-refractivity contribution in [2.24, 2.45) is 0 Å². The minimum Gasteiger partial charge on any atom is -0.432 e. The number of rotatable bonds is 2. The highest BCUT2D eigenvalue weighted by Gasteiger charge is 2.19. The average Bonchev–Trinajstić information content (AvgIpc) is 2.37. The summed E-state index contributed by atoms with van der Waals surface area (Å²) >= 11 is 0. The van der Waals surface area contributed by atoms with Crippen LogP contribution in [0.5, 0.6) is 0 Å². The Labute approximate surface area is 72.2 Å². The first-order valence-electron chi connectivity index (χ1n) is 4.29. The molecule has 1 heterocycles. The van der Waals surface area contributed by atoms with E-state index in [1.165, 1.54) is 0 Å². The number of carbonyl (C=O) groups is 1. The molecule has 0 bridgehead atoms. The Bertz CT molecular complexity index is 152. The Balaban J connectivity index is 2.16. The van der Waals surface area contributed by atoms with Crippen LogP contribution in [0, 0.1) is 0 Å². The van der Waals surface area contributed by atoms with Crippen LogP contribution < -0.4 is 5.32 Å². The summed E-state index contributed by atoms with van der Waals surface area (Å²) in [6, 6.07) is 0. The van der Waals surface area contributed by atoms with Crippen LogP contribution in [-0.4, -0.2) is 25.0 Å². The van der Waals surface area contributed by atoms with Gasteiger partial charge in [-0.15, -0.1) is 0 Å². The summed E-state index contributed by atoms with van der Waals surface area (Å²) in [6.45, 7) is 4.51. The quantitative estimate of drug-likeness (QED) is 0.638. The summed E-state index contributed by atoms with van der Waals surface area (Å²) in [5.41, 5.74) is 0. The van der Waals surface area contributed by atoms with Gasteiger partial charge in [-0.2, -0.15) is 0 Å². The van der Waals surface area contributed by atoms with E-state index < -0.39 is 6.16 Å². The summed E-state index contributed by atoms with van der Waals surface area (Å²) in [6.07, 6.45) is 1.10. The smallest absolute Gasteiger partial charge is 0.432 e. The SMILES string of the molecule is CC(C)OC(=O)OC1CCCN1. The number of hydrogen-bond acceptors (Lipinski definition) is 4. The van der Waals surface area contributed by atoms with Crippen molar-refractivity contribution in [3.8, 4) is 0 Å². The molecule has 12 heavy (non-hydrogen) atoms. The molecule has 1 aliphatic heterocycles. The fraction of sp³-hybridized carbons (Fsp3) is 0.875. The van der Waals surface area contributed by atoms with Crippen molar-refractivity contribution < 1.29 is 14.3 Å². The molecule has 0 aliphatic carbocycles. The third kappa shape index (κ3) is 3.09. The highest BCUT2D eigenvalue weighted by atomic mass is 16.7. The van der Waals surface area contributed by atoms with Gasteiger partial charge >= 0.3 is 6.16 Å². The van der Waals surface area contributed by atoms with Gasteiger partial charge in [-0.1, -0.05) is 0 Å². The molecule has 1 aliphatic rings. The molecular formula is C8H15NO3. The second kappa shape index (κ2) is 4.30. The van der Waals surface area contributed by atoms with E-state index in [-0.39, 0.29) is 12.3 Å². The van der Waals surface area contributed by atoms with Gasteiger partial charge in [0.25, 0.3) is 0 Å². The monoisotopic (exact) mass is 173 g/mol. The molecular weight excluding hydrogens is 158 g/mol. The fourth-order valence-electron chi connectivity index (χ4n) is 1.09. The largest absolute Gasteiger partial charge is 0.510 e. The summed E-state index contributed by atoms with van der Waals surface area (Å²) in [5, 5.41) is 3.04. The Hall–Kier alpha value is -0.770. The van der Waals surface area contributed by atoms with Gasteiger partial charge in [-0.05, 0) is 33.2 Å². The molecule has 0 aromatic carbocycles. The van der Waals surface area contributed by atoms with Gasteiger partial charge in [0, 0.05) is 0 Å². The van der Waals surface area contributed by atoms with Crippen molar-refractivity contribution in [1.29, 1.82) is 0 Å². The van der Waals surface area contributed by atoms with Crippen molar-refractivity contribution >= 4 is 6.16 Å². The molecule has 70 valence electrons. The molecule has 0 amide bonds. The lowest BCUT2D eigenvalue weighted by atomic mass is 10.4. The predicted octanol–water partition coefficient (Wildman–Crippen LogP) is 1.26. The van der Waals surface area contributed by atoms with E-state index in [1.807, 2.05) is 0 Å². The summed E-state index contributed by atoms with van der Waals surface area (Å²) in [7, 11) is 0. The number of ether oxygens (including phenoxy) is 2. The van der Waals surface area contributed by atoms with Crippen LogP contribution in [0.15, 0.2) is 0 Å². The third-order valence-corrected chi connectivity index (χ3v) is 1.59. The maximum absolute atomic E-state index is 10.9. The molecule has 1 saturated heterocycles. The summed E-state index contributed by atoms with van der Waals surface area (Å²) in [4.78, 5) is 10.9. The second-order valence-corrected chi connectivity index (χ2v) is 3.12. The molecule has 1 rings (SSSR count). The molecule has 1 fully saturated rings. The third-order valence-electron chi connectivity index (χ3n) is 1.59. The first kappa shape index (κ1) is 9.32. The minimum absolute atomic E-state index is 0.112. The lowest BCUT2D eigenvalue weighted by molar-refractivity contribution is 0.00304. The van der Waals surface area contributed by atoms with Crippen molar-refractivity contribution in [2.45, 2.75) is 39.0 Å². The van der Waals surface area contributed by atoms with Crippen LogP contribution >= 0.6 is 0 Å². The van der Waals surface area contributed by atoms with Crippen LogP contribution in [0.1, 0.15) is 26.7 Å². The van der Waals surface area contributed by atoms with Gasteiger partial charge in [0.1, 0.15) is 0 Å². The average molecular weight is 173 g/mol. The van der Waals surface area contributed by atoms with Gasteiger partial charge < -0.3 is 9.47 Å². The van der Waals surface area contributed by atoms with Crippen molar-refractivity contribution in [1.82, 2.24) is 5.32 Å². The first-order chi connectivity index (χ1) is 5.68. The van der Waals surface area contributed by atoms with Crippen molar-refractivity contribution in [3.05, 3.63) is 0 Å². The molecule has 1 atom stereocenters. The number of carbonyl (C=O) groups excluding carboxylic acids is 1. The van der Waals surface area contributed by atoms with Gasteiger partial charge in [-0.3, -0.25) is 5.32 Å². The number of hydrogen-bond donors (Lipinski definition) is 1. The maximum atomic E-state index is 10.9. The normalized spacial score (nSPS) is 22.8. The predicted molar refractivity (Wildman–Crippen MR) is 43.7 cm³/mol. The van der Waals surface area contributed by atoms with Gasteiger partial charge in [0.15, 0.2) is 6.23 Å². The fourth-order valence-corrected chi connectivity index (χ4v) is 1.09. The molecule has 4 nitrogen and oxygen atoms in total. The Kier molecular flexibility index (Phi) is 3.34. The van der Waals surface area contributed by atoms with E-state index in [2.05, 4.69) is 5.32 Å². The second-order valence-electron chi connectivity index (χ2n) is 3.12. The Morgan fingerprint density at radius 2 is 2.33 bits per heavy atom. The van der Waals surface area contributed by atoms with E-state index in [0.29, 0.717) is 0 Å². The van der Waals surface area contributed by atoms with Crippen molar-refractivity contribution in [2.75, 3.05) is 6.54 Å². The Morgan fingerprint density at radius 3 is 2.83 bits per heavy atom. The first-order valence-corrected chi connectivity index (χ1v) is 4.29. The molecule has 1 N–H and O–H groups in total. The van der Waals surface area contributed by atoms with E-state index in [9.17, 15) is 4.79 Å². The van der Waals surface area contributed by atoms with Gasteiger partial charge in [-0.25, -0.2) is 4.79 Å². The standard InChI is InChI=1S/C8H15NO3/c1-6(2)11-8(10)12-7-4-3-5-9-7/h6-7,9H,3-5H2,1-2H3. The molecule has 0 aromatic heterocycles. The van der Waals surface area contributed by atoms with Crippen LogP contribution in [0.4, 0.5) is 4.79 Å². The van der Waals surface area contributed by atoms with Crippen LogP contribution in [0.25, 0.3) is 0 Å². The van der Waals surface area contributed by atoms with E-state index in [1.54, 1.807) is 13.8 Å². The zero-order valence-corrected chi connectivity index (χ0v) is 7.50. The summed E-state index contributed by atoms with van der Waals surface area (Å²) in [5.74, 6) is 0. The summed E-state index contributed by atoms with van der Waals surface area (Å²) < 4.78 is 9.76. The van der Waals surface area contributed by atoms with Crippen molar-refractivity contribution in [3.63, 3.8) is 0 Å². The molecule has 0 spiro atoms. The lowest BCUT2D eigenvalue weighted by Crippen LogP contribution is -2.28.